The van der Waals surface area contributed by atoms with Crippen LogP contribution in [0.1, 0.15) is 38.2 Å². The number of nitrogens with one attached hydrogen (secondary N) is 1. The van der Waals surface area contributed by atoms with Gasteiger partial charge in [0.2, 0.25) is 21.8 Å². The standard InChI is InChI=1S/C27H30N4O5S2/c1-16-13-19-14-21(6-8-23(19)31(16)26(33)18-3-4-18)38(34,35)30-11-9-17(10-12-30)25(32)29-27-28-22-7-5-20(36-2)15-24(22)37-27/h5-8,14-18H,3-4,9-13H2,1-2H3,(H,28,29,32). The van der Waals surface area contributed by atoms with Crippen molar-refractivity contribution in [2.24, 2.45) is 11.8 Å². The Morgan fingerprint density at radius 3 is 2.53 bits per heavy atom. The molecule has 6 rings (SSSR count). The summed E-state index contributed by atoms with van der Waals surface area (Å²) in [6, 6.07) is 10.7. The lowest BCUT2D eigenvalue weighted by Crippen LogP contribution is -2.41. The molecule has 2 fully saturated rings. The summed E-state index contributed by atoms with van der Waals surface area (Å²) in [4.78, 5) is 32.2. The van der Waals surface area contributed by atoms with Crippen LogP contribution >= 0.6 is 11.3 Å². The van der Waals surface area contributed by atoms with Crippen molar-refractivity contribution >= 4 is 54.2 Å². The minimum absolute atomic E-state index is 0.0303. The molecule has 11 heteroatoms. The van der Waals surface area contributed by atoms with Gasteiger partial charge in [-0.1, -0.05) is 11.3 Å². The topological polar surface area (TPSA) is 109 Å². The van der Waals surface area contributed by atoms with E-state index in [2.05, 4.69) is 10.3 Å². The van der Waals surface area contributed by atoms with E-state index in [0.717, 1.165) is 40.1 Å². The van der Waals surface area contributed by atoms with Gasteiger partial charge in [-0.15, -0.1) is 0 Å². The predicted octanol–water partition coefficient (Wildman–Crippen LogP) is 4.03. The summed E-state index contributed by atoms with van der Waals surface area (Å²) >= 11 is 1.38. The Labute approximate surface area is 225 Å². The van der Waals surface area contributed by atoms with Gasteiger partial charge in [-0.25, -0.2) is 13.4 Å². The number of nitrogens with zero attached hydrogens (tertiary/aromatic N) is 3. The van der Waals surface area contributed by atoms with E-state index in [1.165, 1.54) is 15.6 Å². The monoisotopic (exact) mass is 554 g/mol. The Kier molecular flexibility index (Phi) is 6.40. The van der Waals surface area contributed by atoms with Gasteiger partial charge in [0.25, 0.3) is 0 Å². The van der Waals surface area contributed by atoms with Crippen LogP contribution in [0.4, 0.5) is 10.8 Å². The minimum Gasteiger partial charge on any atom is -0.497 e. The predicted molar refractivity (Wildman–Crippen MR) is 146 cm³/mol. The average molecular weight is 555 g/mol. The molecule has 3 heterocycles. The van der Waals surface area contributed by atoms with Crippen LogP contribution in [0.3, 0.4) is 0 Å². The first-order chi connectivity index (χ1) is 18.2. The van der Waals surface area contributed by atoms with Crippen molar-refractivity contribution in [2.45, 2.75) is 50.0 Å². The number of piperidine rings is 1. The molecular weight excluding hydrogens is 524 g/mol. The third-order valence-electron chi connectivity index (χ3n) is 7.72. The van der Waals surface area contributed by atoms with Crippen LogP contribution in [0, 0.1) is 11.8 Å². The molecule has 0 spiro atoms. The normalized spacial score (nSPS) is 20.5. The highest BCUT2D eigenvalue weighted by Crippen LogP contribution is 2.40. The quantitative estimate of drug-likeness (QED) is 0.493. The fourth-order valence-electron chi connectivity index (χ4n) is 5.43. The SMILES string of the molecule is COc1ccc2nc(NC(=O)C3CCN(S(=O)(=O)c4ccc5c(c4)CC(C)N5C(=O)C4CC4)CC3)sc2c1. The van der Waals surface area contributed by atoms with Crippen LogP contribution in [-0.4, -0.2) is 55.8 Å². The number of sulfonamides is 1. The van der Waals surface area contributed by atoms with E-state index in [0.29, 0.717) is 24.4 Å². The van der Waals surface area contributed by atoms with Gasteiger partial charge in [-0.2, -0.15) is 4.31 Å². The molecule has 2 aliphatic heterocycles. The summed E-state index contributed by atoms with van der Waals surface area (Å²) in [5, 5.41) is 3.43. The molecule has 1 N–H and O–H groups in total. The van der Waals surface area contributed by atoms with E-state index < -0.39 is 10.0 Å². The lowest BCUT2D eigenvalue weighted by atomic mass is 9.97. The molecule has 2 amide bonds. The van der Waals surface area contributed by atoms with Crippen molar-refractivity contribution in [3.63, 3.8) is 0 Å². The summed E-state index contributed by atoms with van der Waals surface area (Å²) in [7, 11) is -2.09. The molecule has 1 saturated carbocycles. The Morgan fingerprint density at radius 1 is 1.05 bits per heavy atom. The van der Waals surface area contributed by atoms with E-state index in [4.69, 9.17) is 4.74 Å². The van der Waals surface area contributed by atoms with E-state index in [-0.39, 0.29) is 47.7 Å². The molecule has 2 aromatic carbocycles. The largest absolute Gasteiger partial charge is 0.497 e. The van der Waals surface area contributed by atoms with Crippen LogP contribution < -0.4 is 15.0 Å². The number of methoxy groups -OCH3 is 1. The molecule has 0 radical (unpaired) electrons. The number of hydrogen-bond acceptors (Lipinski definition) is 7. The summed E-state index contributed by atoms with van der Waals surface area (Å²) in [6.07, 6.45) is 3.41. The van der Waals surface area contributed by atoms with Crippen molar-refractivity contribution < 1.29 is 22.7 Å². The van der Waals surface area contributed by atoms with E-state index in [9.17, 15) is 18.0 Å². The maximum atomic E-state index is 13.4. The Hall–Kier alpha value is -3.02. The fourth-order valence-corrected chi connectivity index (χ4v) is 7.85. The number of thiazole rings is 1. The Morgan fingerprint density at radius 2 is 1.82 bits per heavy atom. The van der Waals surface area contributed by atoms with Crippen LogP contribution in [-0.2, 0) is 26.0 Å². The van der Waals surface area contributed by atoms with Crippen molar-refractivity contribution in [1.29, 1.82) is 0 Å². The van der Waals surface area contributed by atoms with Gasteiger partial charge in [0.15, 0.2) is 5.13 Å². The highest BCUT2D eigenvalue weighted by Gasteiger charge is 2.40. The van der Waals surface area contributed by atoms with Gasteiger partial charge < -0.3 is 15.0 Å². The van der Waals surface area contributed by atoms with Crippen LogP contribution in [0.25, 0.3) is 10.2 Å². The number of rotatable bonds is 6. The summed E-state index contributed by atoms with van der Waals surface area (Å²) in [5.74, 6) is 0.571. The molecule has 1 atom stereocenters. The van der Waals surface area contributed by atoms with Gasteiger partial charge >= 0.3 is 0 Å². The number of carbonyl (C=O) groups excluding carboxylic acids is 2. The zero-order chi connectivity index (χ0) is 26.6. The van der Waals surface area contributed by atoms with Crippen LogP contribution in [0.5, 0.6) is 5.75 Å². The first-order valence-corrected chi connectivity index (χ1v) is 15.2. The van der Waals surface area contributed by atoms with Crippen molar-refractivity contribution in [2.75, 3.05) is 30.4 Å². The van der Waals surface area contributed by atoms with E-state index >= 15 is 0 Å². The second-order valence-electron chi connectivity index (χ2n) is 10.3. The van der Waals surface area contributed by atoms with Gasteiger partial charge in [0.1, 0.15) is 5.75 Å². The summed E-state index contributed by atoms with van der Waals surface area (Å²) in [5.41, 5.74) is 2.52. The first kappa shape index (κ1) is 25.3. The maximum absolute atomic E-state index is 13.4. The maximum Gasteiger partial charge on any atom is 0.243 e. The van der Waals surface area contributed by atoms with Crippen LogP contribution in [0.2, 0.25) is 0 Å². The number of amides is 2. The molecule has 3 aliphatic rings. The summed E-state index contributed by atoms with van der Waals surface area (Å²) < 4.78 is 34.5. The van der Waals surface area contributed by atoms with Crippen molar-refractivity contribution in [3.8, 4) is 5.75 Å². The zero-order valence-electron chi connectivity index (χ0n) is 21.3. The second kappa shape index (κ2) is 9.62. The summed E-state index contributed by atoms with van der Waals surface area (Å²) in [6.45, 7) is 2.56. The van der Waals surface area contributed by atoms with E-state index in [1.807, 2.05) is 30.0 Å². The molecule has 9 nitrogen and oxygen atoms in total. The molecule has 1 saturated heterocycles. The van der Waals surface area contributed by atoms with Crippen molar-refractivity contribution in [3.05, 3.63) is 42.0 Å². The molecule has 200 valence electrons. The lowest BCUT2D eigenvalue weighted by Gasteiger charge is -2.30. The molecule has 38 heavy (non-hydrogen) atoms. The minimum atomic E-state index is -3.70. The second-order valence-corrected chi connectivity index (χ2v) is 13.3. The number of benzene rings is 2. The number of fused-ring (bicyclic) bond motifs is 2. The van der Waals surface area contributed by atoms with Gasteiger partial charge in [-0.05, 0) is 81.0 Å². The molecule has 1 aromatic heterocycles. The molecular formula is C27H30N4O5S2. The van der Waals surface area contributed by atoms with Gasteiger partial charge in [0.05, 0.1) is 22.2 Å². The smallest absolute Gasteiger partial charge is 0.243 e. The first-order valence-electron chi connectivity index (χ1n) is 13.0. The number of ether oxygens (including phenoxy) is 1. The Balaban J connectivity index is 1.10. The van der Waals surface area contributed by atoms with Gasteiger partial charge in [0, 0.05) is 36.7 Å². The lowest BCUT2D eigenvalue weighted by molar-refractivity contribution is -0.121. The third kappa shape index (κ3) is 4.56. The highest BCUT2D eigenvalue weighted by atomic mass is 32.2. The number of anilines is 2. The number of hydrogen-bond donors (Lipinski definition) is 1. The Bertz CT molecular complexity index is 1520. The van der Waals surface area contributed by atoms with Gasteiger partial charge in [-0.3, -0.25) is 9.59 Å². The number of aromatic nitrogens is 1. The molecule has 3 aromatic rings. The molecule has 1 unspecified atom stereocenters. The highest BCUT2D eigenvalue weighted by molar-refractivity contribution is 7.89. The van der Waals surface area contributed by atoms with E-state index in [1.54, 1.807) is 25.3 Å². The third-order valence-corrected chi connectivity index (χ3v) is 10.5. The fraction of sp³-hybridized carbons (Fsp3) is 0.444. The molecule has 0 bridgehead atoms. The molecule has 1 aliphatic carbocycles. The van der Waals surface area contributed by atoms with Crippen LogP contribution in [0.15, 0.2) is 41.3 Å². The zero-order valence-corrected chi connectivity index (χ0v) is 23.0. The average Bonchev–Trinajstić information content (AvgIpc) is 3.61. The van der Waals surface area contributed by atoms with Crippen molar-refractivity contribution in [1.82, 2.24) is 9.29 Å². The number of carbonyl (C=O) groups is 2.